The molecule has 0 radical (unpaired) electrons. The third-order valence-corrected chi connectivity index (χ3v) is 1.09. The van der Waals surface area contributed by atoms with Crippen LogP contribution in [0, 0.1) is 0 Å². The van der Waals surface area contributed by atoms with Gasteiger partial charge < -0.3 is 4.74 Å². The minimum Gasteiger partial charge on any atom is -0.390 e. The topological polar surface area (TPSA) is 43.4 Å². The van der Waals surface area contributed by atoms with E-state index in [0.717, 1.165) is 6.92 Å². The predicted molar refractivity (Wildman–Crippen MR) is 50.0 cm³/mol. The molecule has 0 rings (SSSR count). The lowest BCUT2D eigenvalue weighted by molar-refractivity contribution is -0.154. The zero-order valence-electron chi connectivity index (χ0n) is 7.17. The van der Waals surface area contributed by atoms with E-state index in [2.05, 4.69) is 17.9 Å². The average molecular weight is 201 g/mol. The number of carbonyl (C=O) groups is 2. The van der Waals surface area contributed by atoms with E-state index in [1.807, 2.05) is 0 Å². The maximum atomic E-state index is 10.9. The zero-order chi connectivity index (χ0) is 10.4. The smallest absolute Gasteiger partial charge is 0.345 e. The first kappa shape index (κ1) is 11.6. The third kappa shape index (κ3) is 5.87. The molecule has 4 heteroatoms. The van der Waals surface area contributed by atoms with Crippen molar-refractivity contribution < 1.29 is 14.3 Å². The Hall–Kier alpha value is -1.35. The highest BCUT2D eigenvalue weighted by Crippen LogP contribution is 2.03. The Morgan fingerprint density at radius 1 is 1.31 bits per heavy atom. The molecule has 0 aliphatic rings. The molecule has 0 aliphatic heterocycles. The second kappa shape index (κ2) is 5.32. The number of ether oxygens (including phenoxy) is 1. The van der Waals surface area contributed by atoms with Gasteiger partial charge in [-0.1, -0.05) is 24.8 Å². The lowest BCUT2D eigenvalue weighted by Gasteiger charge is -1.97. The Kier molecular flexibility index (Phi) is 4.77. The zero-order valence-corrected chi connectivity index (χ0v) is 7.93. The van der Waals surface area contributed by atoms with Crippen molar-refractivity contribution in [1.82, 2.24) is 0 Å². The van der Waals surface area contributed by atoms with Crippen LogP contribution in [0.25, 0.3) is 0 Å². The molecule has 0 atom stereocenters. The van der Waals surface area contributed by atoms with Gasteiger partial charge in [0.25, 0.3) is 0 Å². The number of hydrogen-bond donors (Lipinski definition) is 0. The Balaban J connectivity index is 4.20. The van der Waals surface area contributed by atoms with Gasteiger partial charge in [0.15, 0.2) is 0 Å². The van der Waals surface area contributed by atoms with Crippen LogP contribution in [-0.4, -0.2) is 11.9 Å². The number of hydrogen-bond acceptors (Lipinski definition) is 3. The molecule has 13 heavy (non-hydrogen) atoms. The van der Waals surface area contributed by atoms with E-state index in [9.17, 15) is 9.59 Å². The fourth-order valence-corrected chi connectivity index (χ4v) is 0.518. The molecule has 0 unspecified atom stereocenters. The van der Waals surface area contributed by atoms with Crippen LogP contribution in [0.2, 0.25) is 0 Å². The predicted octanol–water partition coefficient (Wildman–Crippen LogP) is 1.94. The number of rotatable bonds is 3. The molecule has 70 valence electrons. The van der Waals surface area contributed by atoms with E-state index >= 15 is 0 Å². The molecule has 0 aromatic heterocycles. The Labute approximate surface area is 81.3 Å². The second-order valence-corrected chi connectivity index (χ2v) is 2.67. The molecular formula is C9H9ClO3. The van der Waals surface area contributed by atoms with Crippen LogP contribution in [0.4, 0.5) is 0 Å². The van der Waals surface area contributed by atoms with E-state index < -0.39 is 11.9 Å². The molecule has 0 amide bonds. The van der Waals surface area contributed by atoms with Gasteiger partial charge in [-0.3, -0.25) is 4.79 Å². The van der Waals surface area contributed by atoms with Gasteiger partial charge in [0.2, 0.25) is 0 Å². The molecule has 0 aromatic rings. The minimum atomic E-state index is -0.790. The van der Waals surface area contributed by atoms with Crippen molar-refractivity contribution in [2.75, 3.05) is 0 Å². The van der Waals surface area contributed by atoms with Crippen LogP contribution in [0.15, 0.2) is 35.9 Å². The molecule has 0 bridgehead atoms. The maximum absolute atomic E-state index is 10.9. The molecule has 0 saturated heterocycles. The highest BCUT2D eigenvalue weighted by Gasteiger charge is 2.07. The normalized spacial score (nSPS) is 9.69. The summed E-state index contributed by atoms with van der Waals surface area (Å²) in [5.74, 6) is -1.47. The van der Waals surface area contributed by atoms with Gasteiger partial charge in [-0.2, -0.15) is 0 Å². The molecule has 0 fully saturated rings. The van der Waals surface area contributed by atoms with Gasteiger partial charge in [-0.05, 0) is 12.2 Å². The largest absolute Gasteiger partial charge is 0.390 e. The summed E-state index contributed by atoms with van der Waals surface area (Å²) in [6.07, 6.45) is 2.70. The van der Waals surface area contributed by atoms with Gasteiger partial charge in [-0.15, -0.1) is 0 Å². The first-order valence-electron chi connectivity index (χ1n) is 3.37. The van der Waals surface area contributed by atoms with Crippen molar-refractivity contribution in [2.24, 2.45) is 0 Å². The van der Waals surface area contributed by atoms with Crippen LogP contribution in [-0.2, 0) is 14.3 Å². The highest BCUT2D eigenvalue weighted by molar-refractivity contribution is 6.30. The third-order valence-electron chi connectivity index (χ3n) is 0.964. The monoisotopic (exact) mass is 200 g/mol. The van der Waals surface area contributed by atoms with Crippen molar-refractivity contribution in [3.63, 3.8) is 0 Å². The quantitative estimate of drug-likeness (QED) is 0.303. The lowest BCUT2D eigenvalue weighted by atomic mass is 10.3. The van der Waals surface area contributed by atoms with E-state index in [1.54, 1.807) is 0 Å². The van der Waals surface area contributed by atoms with Crippen LogP contribution < -0.4 is 0 Å². The van der Waals surface area contributed by atoms with Crippen molar-refractivity contribution in [2.45, 2.75) is 6.92 Å². The van der Waals surface area contributed by atoms with Crippen molar-refractivity contribution in [3.8, 4) is 0 Å². The summed E-state index contributed by atoms with van der Waals surface area (Å²) in [6, 6.07) is 0. The fraction of sp³-hybridized carbons (Fsp3) is 0.111. The maximum Gasteiger partial charge on any atom is 0.345 e. The molecule has 0 heterocycles. The van der Waals surface area contributed by atoms with Gasteiger partial charge >= 0.3 is 11.9 Å². The second-order valence-electron chi connectivity index (χ2n) is 2.19. The SMILES string of the molecule is C=C(Cl)C=CC(=C)C(=O)OC(C)=O. The Morgan fingerprint density at radius 2 is 1.85 bits per heavy atom. The summed E-state index contributed by atoms with van der Waals surface area (Å²) in [4.78, 5) is 21.2. The van der Waals surface area contributed by atoms with E-state index in [1.165, 1.54) is 12.2 Å². The fourth-order valence-electron chi connectivity index (χ4n) is 0.455. The molecule has 3 nitrogen and oxygen atoms in total. The van der Waals surface area contributed by atoms with Gasteiger partial charge in [-0.25, -0.2) is 4.79 Å². The number of carbonyl (C=O) groups excluding carboxylic acids is 2. The van der Waals surface area contributed by atoms with Crippen LogP contribution >= 0.6 is 11.6 Å². The first-order chi connectivity index (χ1) is 5.93. The standard InChI is InChI=1S/C9H9ClO3/c1-6(4-5-7(2)10)9(12)13-8(3)11/h4-5H,1-2H2,3H3. The molecule has 0 N–H and O–H groups in total. The molecular weight excluding hydrogens is 192 g/mol. The summed E-state index contributed by atoms with van der Waals surface area (Å²) in [7, 11) is 0. The van der Waals surface area contributed by atoms with Crippen LogP contribution in [0.3, 0.4) is 0 Å². The minimum absolute atomic E-state index is 0.0389. The summed E-state index contributed by atoms with van der Waals surface area (Å²) in [6.45, 7) is 7.87. The van der Waals surface area contributed by atoms with E-state index in [4.69, 9.17) is 11.6 Å². The summed E-state index contributed by atoms with van der Waals surface area (Å²) in [5, 5.41) is 0.261. The van der Waals surface area contributed by atoms with E-state index in [-0.39, 0.29) is 10.6 Å². The summed E-state index contributed by atoms with van der Waals surface area (Å²) < 4.78 is 4.24. The number of halogens is 1. The number of esters is 2. The Bertz CT molecular complexity index is 289. The highest BCUT2D eigenvalue weighted by atomic mass is 35.5. The van der Waals surface area contributed by atoms with Gasteiger partial charge in [0.1, 0.15) is 0 Å². The van der Waals surface area contributed by atoms with Crippen molar-refractivity contribution >= 4 is 23.5 Å². The summed E-state index contributed by atoms with van der Waals surface area (Å²) in [5.41, 5.74) is 0.0389. The van der Waals surface area contributed by atoms with Gasteiger partial charge in [0.05, 0.1) is 5.57 Å². The molecule has 0 spiro atoms. The first-order valence-corrected chi connectivity index (χ1v) is 3.75. The van der Waals surface area contributed by atoms with E-state index in [0.29, 0.717) is 0 Å². The lowest BCUT2D eigenvalue weighted by Crippen LogP contribution is -2.09. The molecule has 0 aromatic carbocycles. The van der Waals surface area contributed by atoms with Gasteiger partial charge in [0, 0.05) is 12.0 Å². The summed E-state index contributed by atoms with van der Waals surface area (Å²) >= 11 is 5.39. The number of allylic oxidation sites excluding steroid dienone is 2. The molecule has 0 aliphatic carbocycles. The average Bonchev–Trinajstić information content (AvgIpc) is 1.98. The Morgan fingerprint density at radius 3 is 2.23 bits per heavy atom. The molecule has 0 saturated carbocycles. The van der Waals surface area contributed by atoms with Crippen LogP contribution in [0.1, 0.15) is 6.92 Å². The van der Waals surface area contributed by atoms with Crippen molar-refractivity contribution in [3.05, 3.63) is 35.9 Å². The van der Waals surface area contributed by atoms with Crippen LogP contribution in [0.5, 0.6) is 0 Å². The van der Waals surface area contributed by atoms with Crippen molar-refractivity contribution in [1.29, 1.82) is 0 Å².